The van der Waals surface area contributed by atoms with E-state index in [-0.39, 0.29) is 34.0 Å². The van der Waals surface area contributed by atoms with Gasteiger partial charge in [-0.15, -0.1) is 0 Å². The lowest BCUT2D eigenvalue weighted by molar-refractivity contribution is -0.897. The molecule has 0 radical (unpaired) electrons. The van der Waals surface area contributed by atoms with Gasteiger partial charge in [0.05, 0.1) is 54.4 Å². The minimum atomic E-state index is 0. The summed E-state index contributed by atoms with van der Waals surface area (Å²) >= 11 is 0. The molecule has 0 aromatic rings. The average Bonchev–Trinajstić information content (AvgIpc) is 2.17. The molecule has 0 aliphatic carbocycles. The lowest BCUT2D eigenvalue weighted by Gasteiger charge is -2.33. The van der Waals surface area contributed by atoms with Crippen LogP contribution < -0.4 is 34.0 Å². The van der Waals surface area contributed by atoms with E-state index in [1.165, 1.54) is 73.7 Å². The molecule has 112 valence electrons. The third-order valence-corrected chi connectivity index (χ3v) is 4.05. The fraction of sp³-hybridized carbons (Fsp3) is 1.00. The van der Waals surface area contributed by atoms with Crippen LogP contribution in [0.25, 0.3) is 0 Å². The first-order valence-corrected chi connectivity index (χ1v) is 7.05. The molecule has 0 amide bonds. The summed E-state index contributed by atoms with van der Waals surface area (Å²) < 4.78 is 2.46. The molecule has 1 aliphatic heterocycles. The smallest absolute Gasteiger partial charge is 0.0784 e. The summed E-state index contributed by atoms with van der Waals surface area (Å²) in [5.41, 5.74) is 0. The molecule has 4 heteroatoms. The first-order valence-electron chi connectivity index (χ1n) is 7.05. The summed E-state index contributed by atoms with van der Waals surface area (Å²) in [5, 5.41) is 0. The van der Waals surface area contributed by atoms with E-state index in [2.05, 4.69) is 28.2 Å². The highest BCUT2D eigenvalue weighted by molar-refractivity contribution is 4.48. The molecule has 0 atom stereocenters. The van der Waals surface area contributed by atoms with Crippen LogP contribution in [0.1, 0.15) is 38.5 Å². The van der Waals surface area contributed by atoms with Gasteiger partial charge in [-0.1, -0.05) is 0 Å². The lowest BCUT2D eigenvalue weighted by Crippen LogP contribution is -3.00. The highest BCUT2D eigenvalue weighted by Crippen LogP contribution is 2.12. The van der Waals surface area contributed by atoms with Gasteiger partial charge < -0.3 is 42.9 Å². The summed E-state index contributed by atoms with van der Waals surface area (Å²) in [7, 11) is 9.58. The second-order valence-electron chi connectivity index (χ2n) is 6.89. The maximum absolute atomic E-state index is 2.39. The van der Waals surface area contributed by atoms with Crippen LogP contribution in [-0.4, -0.2) is 63.3 Å². The third kappa shape index (κ3) is 9.76. The Labute approximate surface area is 135 Å². The molecule has 0 N–H and O–H groups in total. The number of hydrogen-bond donors (Lipinski definition) is 0. The van der Waals surface area contributed by atoms with Gasteiger partial charge in [-0.3, -0.25) is 0 Å². The van der Waals surface area contributed by atoms with Crippen molar-refractivity contribution in [3.63, 3.8) is 0 Å². The van der Waals surface area contributed by atoms with Gasteiger partial charge in [-0.05, 0) is 25.7 Å². The molecule has 1 fully saturated rings. The molecular formula is C14H32Br2N2. The van der Waals surface area contributed by atoms with Gasteiger partial charge in [0, 0.05) is 12.8 Å². The standard InChI is InChI=1S/C14H32N2.2BrH/c1-15(2)11-7-5-6-8-12-16(3,4)14-10-9-13-15;;/h5-14H2,1-4H3;2*1H/q+2;;/p-2. The van der Waals surface area contributed by atoms with E-state index in [4.69, 9.17) is 0 Å². The van der Waals surface area contributed by atoms with Crippen molar-refractivity contribution in [3.05, 3.63) is 0 Å². The van der Waals surface area contributed by atoms with Crippen LogP contribution in [0.15, 0.2) is 0 Å². The Morgan fingerprint density at radius 2 is 0.667 bits per heavy atom. The van der Waals surface area contributed by atoms with Crippen LogP contribution in [0, 0.1) is 0 Å². The Morgan fingerprint density at radius 3 is 0.944 bits per heavy atom. The normalized spacial score (nSPS) is 24.7. The van der Waals surface area contributed by atoms with Crippen LogP contribution in [0.5, 0.6) is 0 Å². The first-order chi connectivity index (χ1) is 7.41. The Morgan fingerprint density at radius 1 is 0.444 bits per heavy atom. The Kier molecular flexibility index (Phi) is 11.5. The van der Waals surface area contributed by atoms with Gasteiger partial charge >= 0.3 is 0 Å². The summed E-state index contributed by atoms with van der Waals surface area (Å²) in [6.07, 6.45) is 8.49. The fourth-order valence-corrected chi connectivity index (χ4v) is 2.74. The topological polar surface area (TPSA) is 0 Å². The molecule has 0 unspecified atom stereocenters. The quantitative estimate of drug-likeness (QED) is 0.378. The molecule has 0 spiro atoms. The molecule has 1 aliphatic rings. The second-order valence-corrected chi connectivity index (χ2v) is 6.89. The average molecular weight is 388 g/mol. The number of rotatable bonds is 0. The van der Waals surface area contributed by atoms with E-state index in [1.807, 2.05) is 0 Å². The van der Waals surface area contributed by atoms with Crippen LogP contribution in [-0.2, 0) is 0 Å². The summed E-state index contributed by atoms with van der Waals surface area (Å²) in [5.74, 6) is 0. The summed E-state index contributed by atoms with van der Waals surface area (Å²) in [6, 6.07) is 0. The number of quaternary nitrogens is 2. The molecule has 1 rings (SSSR count). The van der Waals surface area contributed by atoms with Gasteiger partial charge in [-0.25, -0.2) is 0 Å². The van der Waals surface area contributed by atoms with Gasteiger partial charge in [-0.2, -0.15) is 0 Å². The van der Waals surface area contributed by atoms with Crippen molar-refractivity contribution < 1.29 is 42.9 Å². The zero-order valence-corrected chi connectivity index (χ0v) is 15.9. The fourth-order valence-electron chi connectivity index (χ4n) is 2.74. The maximum atomic E-state index is 2.39. The molecule has 0 aromatic heterocycles. The van der Waals surface area contributed by atoms with Crippen molar-refractivity contribution in [3.8, 4) is 0 Å². The molecule has 18 heavy (non-hydrogen) atoms. The monoisotopic (exact) mass is 386 g/mol. The van der Waals surface area contributed by atoms with Crippen molar-refractivity contribution in [2.24, 2.45) is 0 Å². The van der Waals surface area contributed by atoms with Gasteiger partial charge in [0.15, 0.2) is 0 Å². The molecule has 0 aromatic carbocycles. The van der Waals surface area contributed by atoms with E-state index in [0.29, 0.717) is 0 Å². The van der Waals surface area contributed by atoms with Crippen molar-refractivity contribution >= 4 is 0 Å². The first kappa shape index (κ1) is 21.2. The summed E-state index contributed by atoms with van der Waals surface area (Å²) in [4.78, 5) is 0. The Bertz CT molecular complexity index is 184. The van der Waals surface area contributed by atoms with Gasteiger partial charge in [0.25, 0.3) is 0 Å². The highest BCUT2D eigenvalue weighted by Gasteiger charge is 2.18. The van der Waals surface area contributed by atoms with Crippen LogP contribution >= 0.6 is 0 Å². The van der Waals surface area contributed by atoms with E-state index in [1.54, 1.807) is 0 Å². The second kappa shape index (κ2) is 9.73. The van der Waals surface area contributed by atoms with Crippen LogP contribution in [0.2, 0.25) is 0 Å². The van der Waals surface area contributed by atoms with Crippen molar-refractivity contribution in [2.75, 3.05) is 54.4 Å². The minimum absolute atomic E-state index is 0. The van der Waals surface area contributed by atoms with Crippen molar-refractivity contribution in [1.29, 1.82) is 0 Å². The number of nitrogens with zero attached hydrogens (tertiary/aromatic N) is 2. The van der Waals surface area contributed by atoms with Crippen LogP contribution in [0.4, 0.5) is 0 Å². The van der Waals surface area contributed by atoms with Gasteiger partial charge in [0.2, 0.25) is 0 Å². The number of halogens is 2. The molecule has 2 nitrogen and oxygen atoms in total. The van der Waals surface area contributed by atoms with E-state index < -0.39 is 0 Å². The molecule has 1 saturated heterocycles. The minimum Gasteiger partial charge on any atom is -1.00 e. The summed E-state index contributed by atoms with van der Waals surface area (Å²) in [6.45, 7) is 5.47. The largest absolute Gasteiger partial charge is 1.00 e. The third-order valence-electron chi connectivity index (χ3n) is 4.05. The molecule has 0 bridgehead atoms. The van der Waals surface area contributed by atoms with Crippen molar-refractivity contribution in [2.45, 2.75) is 38.5 Å². The molecular weight excluding hydrogens is 356 g/mol. The predicted molar refractivity (Wildman–Crippen MR) is 71.4 cm³/mol. The van der Waals surface area contributed by atoms with Gasteiger partial charge in [0.1, 0.15) is 0 Å². The van der Waals surface area contributed by atoms with E-state index >= 15 is 0 Å². The Hall–Kier alpha value is 0.880. The number of hydrogen-bond acceptors (Lipinski definition) is 0. The van der Waals surface area contributed by atoms with E-state index in [9.17, 15) is 0 Å². The SMILES string of the molecule is C[N+]1(C)CCCCCC[N+](C)(C)CCCC1.[Br-].[Br-]. The zero-order chi connectivity index (χ0) is 12.1. The van der Waals surface area contributed by atoms with Crippen molar-refractivity contribution in [1.82, 2.24) is 0 Å². The molecule has 1 heterocycles. The predicted octanol–water partition coefficient (Wildman–Crippen LogP) is -3.50. The van der Waals surface area contributed by atoms with Crippen LogP contribution in [0.3, 0.4) is 0 Å². The molecule has 0 saturated carbocycles. The zero-order valence-electron chi connectivity index (χ0n) is 12.7. The maximum Gasteiger partial charge on any atom is 0.0784 e. The van der Waals surface area contributed by atoms with E-state index in [0.717, 1.165) is 0 Å². The highest BCUT2D eigenvalue weighted by atomic mass is 79.9. The lowest BCUT2D eigenvalue weighted by atomic mass is 10.1. The Balaban J connectivity index is 0.